The van der Waals surface area contributed by atoms with Crippen molar-refractivity contribution in [2.24, 2.45) is 0 Å². The fraction of sp³-hybridized carbons (Fsp3) is 0.158. The number of fused-ring (bicyclic) bond motifs is 1. The van der Waals surface area contributed by atoms with E-state index in [2.05, 4.69) is 4.98 Å². The molecule has 0 saturated carbocycles. The summed E-state index contributed by atoms with van der Waals surface area (Å²) in [6.45, 7) is 3.64. The highest BCUT2D eigenvalue weighted by molar-refractivity contribution is 6.09. The third-order valence-corrected chi connectivity index (χ3v) is 3.97. The molecule has 0 amide bonds. The van der Waals surface area contributed by atoms with Gasteiger partial charge < -0.3 is 9.72 Å². The first-order valence-electron chi connectivity index (χ1n) is 7.40. The number of para-hydroxylation sites is 1. The lowest BCUT2D eigenvalue weighted by molar-refractivity contribution is 0.0475. The van der Waals surface area contributed by atoms with E-state index in [4.69, 9.17) is 4.74 Å². The fourth-order valence-electron chi connectivity index (χ4n) is 2.46. The molecule has 0 atom stereocenters. The number of carbonyl (C=O) groups is 2. The number of nitrogens with one attached hydrogen (secondary N) is 1. The monoisotopic (exact) mass is 307 g/mol. The lowest BCUT2D eigenvalue weighted by Gasteiger charge is -2.06. The minimum atomic E-state index is -0.485. The van der Waals surface area contributed by atoms with Crippen LogP contribution in [0.5, 0.6) is 0 Å². The molecule has 0 spiro atoms. The highest BCUT2D eigenvalue weighted by atomic mass is 16.5. The Kier molecular flexibility index (Phi) is 3.98. The number of hydrogen-bond donors (Lipinski definition) is 1. The molecule has 0 aliphatic rings. The Labute approximate surface area is 134 Å². The van der Waals surface area contributed by atoms with Gasteiger partial charge in [0, 0.05) is 22.7 Å². The maximum absolute atomic E-state index is 12.3. The van der Waals surface area contributed by atoms with Crippen LogP contribution in [0.4, 0.5) is 0 Å². The Bertz CT molecular complexity index is 893. The van der Waals surface area contributed by atoms with Crippen molar-refractivity contribution in [3.05, 3.63) is 70.9 Å². The first-order valence-corrected chi connectivity index (χ1v) is 7.40. The van der Waals surface area contributed by atoms with Crippen LogP contribution in [0.1, 0.15) is 31.8 Å². The van der Waals surface area contributed by atoms with Crippen molar-refractivity contribution in [3.63, 3.8) is 0 Å². The van der Waals surface area contributed by atoms with E-state index in [1.165, 1.54) is 0 Å². The van der Waals surface area contributed by atoms with Gasteiger partial charge in [0.1, 0.15) is 0 Å². The second-order valence-corrected chi connectivity index (χ2v) is 5.55. The number of rotatable bonds is 4. The summed E-state index contributed by atoms with van der Waals surface area (Å²) < 4.78 is 5.16. The van der Waals surface area contributed by atoms with Crippen molar-refractivity contribution in [2.75, 3.05) is 6.61 Å². The number of ether oxygens (including phenoxy) is 1. The minimum absolute atomic E-state index is 0.223. The zero-order chi connectivity index (χ0) is 16.4. The summed E-state index contributed by atoms with van der Waals surface area (Å²) in [7, 11) is 0. The molecule has 0 radical (unpaired) electrons. The molecule has 0 bridgehead atoms. The quantitative estimate of drug-likeness (QED) is 0.589. The zero-order valence-electron chi connectivity index (χ0n) is 13.1. The minimum Gasteiger partial charge on any atom is -0.454 e. The van der Waals surface area contributed by atoms with E-state index in [-0.39, 0.29) is 12.4 Å². The molecule has 0 unspecified atom stereocenters. The number of aromatic nitrogens is 1. The van der Waals surface area contributed by atoms with Crippen LogP contribution in [-0.2, 0) is 4.74 Å². The van der Waals surface area contributed by atoms with Gasteiger partial charge in [0.05, 0.1) is 5.56 Å². The normalized spacial score (nSPS) is 10.7. The van der Waals surface area contributed by atoms with E-state index < -0.39 is 5.97 Å². The topological polar surface area (TPSA) is 59.2 Å². The Morgan fingerprint density at radius 1 is 1.04 bits per heavy atom. The molecule has 3 aromatic rings. The van der Waals surface area contributed by atoms with Crippen LogP contribution in [0.2, 0.25) is 0 Å². The molecular formula is C19H17NO3. The first kappa shape index (κ1) is 15.0. The van der Waals surface area contributed by atoms with E-state index in [1.54, 1.807) is 18.3 Å². The number of H-pyrrole nitrogens is 1. The summed E-state index contributed by atoms with van der Waals surface area (Å²) in [5, 5.41) is 0.833. The van der Waals surface area contributed by atoms with E-state index in [1.807, 2.05) is 44.2 Å². The van der Waals surface area contributed by atoms with Gasteiger partial charge in [0.25, 0.3) is 0 Å². The van der Waals surface area contributed by atoms with Gasteiger partial charge >= 0.3 is 5.97 Å². The second kappa shape index (κ2) is 6.08. The molecule has 0 aliphatic heterocycles. The summed E-state index contributed by atoms with van der Waals surface area (Å²) in [5.41, 5.74) is 4.00. The van der Waals surface area contributed by atoms with Crippen LogP contribution < -0.4 is 0 Å². The van der Waals surface area contributed by atoms with Crippen LogP contribution >= 0.6 is 0 Å². The van der Waals surface area contributed by atoms with Gasteiger partial charge in [-0.2, -0.15) is 0 Å². The van der Waals surface area contributed by atoms with E-state index in [0.29, 0.717) is 11.1 Å². The fourth-order valence-corrected chi connectivity index (χ4v) is 2.46. The average Bonchev–Trinajstić information content (AvgIpc) is 2.99. The number of benzene rings is 2. The van der Waals surface area contributed by atoms with Crippen molar-refractivity contribution < 1.29 is 14.3 Å². The van der Waals surface area contributed by atoms with Gasteiger partial charge in [-0.25, -0.2) is 4.79 Å². The third-order valence-electron chi connectivity index (χ3n) is 3.97. The second-order valence-electron chi connectivity index (χ2n) is 5.55. The molecular weight excluding hydrogens is 290 g/mol. The van der Waals surface area contributed by atoms with E-state index in [0.717, 1.165) is 22.0 Å². The van der Waals surface area contributed by atoms with Gasteiger partial charge in [-0.05, 0) is 43.2 Å². The van der Waals surface area contributed by atoms with Crippen molar-refractivity contribution in [3.8, 4) is 0 Å². The number of esters is 1. The first-order chi connectivity index (χ1) is 11.1. The van der Waals surface area contributed by atoms with E-state index >= 15 is 0 Å². The molecule has 3 rings (SSSR count). The van der Waals surface area contributed by atoms with Gasteiger partial charge in [-0.1, -0.05) is 24.3 Å². The standard InChI is InChI=1S/C19H17NO3/c1-12-7-8-14(9-13(12)2)19(22)23-11-18(21)16-10-20-17-6-4-3-5-15(16)17/h3-10,20H,11H2,1-2H3. The third kappa shape index (κ3) is 3.01. The van der Waals surface area contributed by atoms with Gasteiger partial charge in [-0.3, -0.25) is 4.79 Å². The summed E-state index contributed by atoms with van der Waals surface area (Å²) in [4.78, 5) is 27.4. The van der Waals surface area contributed by atoms with Crippen molar-refractivity contribution >= 4 is 22.7 Å². The lowest BCUT2D eigenvalue weighted by Crippen LogP contribution is -2.14. The molecule has 1 N–H and O–H groups in total. The maximum atomic E-state index is 12.3. The average molecular weight is 307 g/mol. The lowest BCUT2D eigenvalue weighted by atomic mass is 10.1. The zero-order valence-corrected chi connectivity index (χ0v) is 13.1. The van der Waals surface area contributed by atoms with E-state index in [9.17, 15) is 9.59 Å². The van der Waals surface area contributed by atoms with Crippen molar-refractivity contribution in [2.45, 2.75) is 13.8 Å². The van der Waals surface area contributed by atoms with Crippen LogP contribution in [0, 0.1) is 13.8 Å². The molecule has 4 heteroatoms. The summed E-state index contributed by atoms with van der Waals surface area (Å²) in [5.74, 6) is -0.707. The summed E-state index contributed by atoms with van der Waals surface area (Å²) >= 11 is 0. The number of Topliss-reactive ketones (excluding diaryl/α,β-unsaturated/α-hetero) is 1. The van der Waals surface area contributed by atoms with Gasteiger partial charge in [0.15, 0.2) is 6.61 Å². The van der Waals surface area contributed by atoms with Gasteiger partial charge in [-0.15, -0.1) is 0 Å². The SMILES string of the molecule is Cc1ccc(C(=O)OCC(=O)c2c[nH]c3ccccc23)cc1C. The summed E-state index contributed by atoms with van der Waals surface area (Å²) in [6.07, 6.45) is 1.65. The van der Waals surface area contributed by atoms with Gasteiger partial charge in [0.2, 0.25) is 5.78 Å². The number of ketones is 1. The molecule has 1 heterocycles. The van der Waals surface area contributed by atoms with Crippen molar-refractivity contribution in [1.82, 2.24) is 4.98 Å². The summed E-state index contributed by atoms with van der Waals surface area (Å²) in [6, 6.07) is 12.9. The number of aromatic amines is 1. The van der Waals surface area contributed by atoms with Crippen molar-refractivity contribution in [1.29, 1.82) is 0 Å². The molecule has 1 aromatic heterocycles. The maximum Gasteiger partial charge on any atom is 0.338 e. The Hall–Kier alpha value is -2.88. The van der Waals surface area contributed by atoms with Crippen LogP contribution in [0.25, 0.3) is 10.9 Å². The highest BCUT2D eigenvalue weighted by Gasteiger charge is 2.15. The Balaban J connectivity index is 1.71. The predicted octanol–water partition coefficient (Wildman–Crippen LogP) is 3.82. The smallest absolute Gasteiger partial charge is 0.338 e. The number of aryl methyl sites for hydroxylation is 2. The van der Waals surface area contributed by atoms with Crippen LogP contribution in [-0.4, -0.2) is 23.3 Å². The Morgan fingerprint density at radius 2 is 1.83 bits per heavy atom. The molecule has 4 nitrogen and oxygen atoms in total. The Morgan fingerprint density at radius 3 is 2.61 bits per heavy atom. The number of carbonyl (C=O) groups excluding carboxylic acids is 2. The largest absolute Gasteiger partial charge is 0.454 e. The molecule has 0 saturated heterocycles. The molecule has 23 heavy (non-hydrogen) atoms. The molecule has 0 aliphatic carbocycles. The van der Waals surface area contributed by atoms with Crippen LogP contribution in [0.15, 0.2) is 48.7 Å². The molecule has 0 fully saturated rings. The molecule has 2 aromatic carbocycles. The van der Waals surface area contributed by atoms with Crippen LogP contribution in [0.3, 0.4) is 0 Å². The number of hydrogen-bond acceptors (Lipinski definition) is 3. The highest BCUT2D eigenvalue weighted by Crippen LogP contribution is 2.18. The predicted molar refractivity (Wildman–Crippen MR) is 88.8 cm³/mol. The molecule has 116 valence electrons.